The molecule has 1 aliphatic rings. The number of piperidine rings is 1. The van der Waals surface area contributed by atoms with Gasteiger partial charge in [0.2, 0.25) is 0 Å². The Kier molecular flexibility index (Phi) is 7.61. The molecule has 0 aliphatic carbocycles. The SMILES string of the molecule is Cc1cc(Cc2cc(N3CCCCC3)cn(CC(=O)O)c2=O)c(-c2ccc(=O)n(CC(=O)O)c2)cc1C. The minimum absolute atomic E-state index is 0.259. The predicted molar refractivity (Wildman–Crippen MR) is 140 cm³/mol. The fourth-order valence-electron chi connectivity index (χ4n) is 4.85. The average Bonchev–Trinajstić information content (AvgIpc) is 2.85. The molecule has 1 saturated heterocycles. The lowest BCUT2D eigenvalue weighted by molar-refractivity contribution is -0.138. The zero-order valence-corrected chi connectivity index (χ0v) is 21.1. The molecular formula is C28H31N3O6. The molecule has 2 N–H and O–H groups in total. The normalized spacial score (nSPS) is 13.5. The van der Waals surface area contributed by atoms with E-state index in [2.05, 4.69) is 4.90 Å². The van der Waals surface area contributed by atoms with E-state index >= 15 is 0 Å². The molecule has 0 unspecified atom stereocenters. The Labute approximate surface area is 214 Å². The topological polar surface area (TPSA) is 122 Å². The first-order valence-corrected chi connectivity index (χ1v) is 12.4. The fourth-order valence-corrected chi connectivity index (χ4v) is 4.85. The number of aryl methyl sites for hydroxylation is 2. The van der Waals surface area contributed by atoms with Gasteiger partial charge in [0.15, 0.2) is 0 Å². The lowest BCUT2D eigenvalue weighted by Crippen LogP contribution is -2.33. The van der Waals surface area contributed by atoms with Crippen LogP contribution in [0.3, 0.4) is 0 Å². The van der Waals surface area contributed by atoms with E-state index in [9.17, 15) is 29.4 Å². The summed E-state index contributed by atoms with van der Waals surface area (Å²) in [4.78, 5) is 50.5. The number of carboxylic acid groups (broad SMARTS) is 2. The minimum atomic E-state index is -1.12. The first-order valence-electron chi connectivity index (χ1n) is 12.4. The van der Waals surface area contributed by atoms with Gasteiger partial charge in [-0.3, -0.25) is 19.2 Å². The quantitative estimate of drug-likeness (QED) is 0.483. The van der Waals surface area contributed by atoms with Crippen LogP contribution in [0.25, 0.3) is 11.1 Å². The summed E-state index contributed by atoms with van der Waals surface area (Å²) in [6.45, 7) is 4.76. The van der Waals surface area contributed by atoms with Crippen LogP contribution in [-0.4, -0.2) is 44.4 Å². The van der Waals surface area contributed by atoms with E-state index in [1.54, 1.807) is 12.3 Å². The van der Waals surface area contributed by atoms with Gasteiger partial charge in [-0.25, -0.2) is 0 Å². The van der Waals surface area contributed by atoms with Crippen LogP contribution in [0.15, 0.2) is 52.3 Å². The molecule has 3 heterocycles. The monoisotopic (exact) mass is 505 g/mol. The lowest BCUT2D eigenvalue weighted by atomic mass is 9.92. The van der Waals surface area contributed by atoms with Crippen molar-refractivity contribution in [3.05, 3.63) is 85.7 Å². The third kappa shape index (κ3) is 5.99. The Morgan fingerprint density at radius 2 is 1.46 bits per heavy atom. The van der Waals surface area contributed by atoms with Crippen molar-refractivity contribution in [1.82, 2.24) is 9.13 Å². The van der Waals surface area contributed by atoms with Crippen molar-refractivity contribution in [2.75, 3.05) is 18.0 Å². The van der Waals surface area contributed by atoms with Gasteiger partial charge >= 0.3 is 11.9 Å². The van der Waals surface area contributed by atoms with Crippen LogP contribution in [0.5, 0.6) is 0 Å². The average molecular weight is 506 g/mol. The van der Waals surface area contributed by atoms with E-state index in [0.717, 1.165) is 64.9 Å². The van der Waals surface area contributed by atoms with Crippen molar-refractivity contribution in [3.63, 3.8) is 0 Å². The zero-order valence-electron chi connectivity index (χ0n) is 21.1. The predicted octanol–water partition coefficient (Wildman–Crippen LogP) is 3.04. The zero-order chi connectivity index (χ0) is 26.7. The number of aliphatic carboxylic acids is 2. The maximum atomic E-state index is 13.3. The van der Waals surface area contributed by atoms with Gasteiger partial charge in [0.1, 0.15) is 13.1 Å². The van der Waals surface area contributed by atoms with Gasteiger partial charge in [-0.2, -0.15) is 0 Å². The van der Waals surface area contributed by atoms with Gasteiger partial charge in [0, 0.05) is 43.5 Å². The largest absolute Gasteiger partial charge is 0.480 e. The molecule has 3 aromatic rings. The van der Waals surface area contributed by atoms with E-state index in [0.29, 0.717) is 11.1 Å². The van der Waals surface area contributed by atoms with E-state index in [4.69, 9.17) is 0 Å². The third-order valence-corrected chi connectivity index (χ3v) is 6.87. The number of nitrogens with zero attached hydrogens (tertiary/aromatic N) is 3. The van der Waals surface area contributed by atoms with Crippen LogP contribution in [0.1, 0.15) is 41.5 Å². The molecule has 0 radical (unpaired) electrons. The number of carboxylic acids is 2. The first kappa shape index (κ1) is 25.9. The van der Waals surface area contributed by atoms with E-state index in [-0.39, 0.29) is 12.0 Å². The minimum Gasteiger partial charge on any atom is -0.480 e. The number of aromatic nitrogens is 2. The highest BCUT2D eigenvalue weighted by Crippen LogP contribution is 2.29. The van der Waals surface area contributed by atoms with E-state index in [1.165, 1.54) is 16.8 Å². The number of anilines is 1. The molecule has 0 saturated carbocycles. The Morgan fingerprint density at radius 1 is 0.811 bits per heavy atom. The third-order valence-electron chi connectivity index (χ3n) is 6.87. The van der Waals surface area contributed by atoms with Gasteiger partial charge in [-0.05, 0) is 73.1 Å². The molecule has 1 fully saturated rings. The summed E-state index contributed by atoms with van der Waals surface area (Å²) in [5.74, 6) is -2.20. The number of pyridine rings is 2. The molecule has 4 rings (SSSR count). The summed E-state index contributed by atoms with van der Waals surface area (Å²) in [5, 5.41) is 18.6. The molecule has 1 aliphatic heterocycles. The van der Waals surface area contributed by atoms with Crippen LogP contribution >= 0.6 is 0 Å². The standard InChI is InChI=1S/C28H31N3O6/c1-18-10-21(24(11-19(18)2)20-6-7-25(32)30(14-20)16-26(33)34)12-22-13-23(29-8-4-3-5-9-29)15-31(28(22)37)17-27(35)36/h6-7,10-11,13-15H,3-5,8-9,12,16-17H2,1-2H3,(H,33,34)(H,35,36). The van der Waals surface area contributed by atoms with Crippen molar-refractivity contribution in [2.45, 2.75) is 52.6 Å². The Bertz CT molecular complexity index is 1460. The van der Waals surface area contributed by atoms with Gasteiger partial charge < -0.3 is 24.2 Å². The highest BCUT2D eigenvalue weighted by Gasteiger charge is 2.18. The number of rotatable bonds is 8. The molecule has 0 atom stereocenters. The summed E-state index contributed by atoms with van der Waals surface area (Å²) in [7, 11) is 0. The summed E-state index contributed by atoms with van der Waals surface area (Å²) in [6.07, 6.45) is 6.65. The maximum Gasteiger partial charge on any atom is 0.323 e. The molecular weight excluding hydrogens is 474 g/mol. The first-order chi connectivity index (χ1) is 17.6. The highest BCUT2D eigenvalue weighted by atomic mass is 16.4. The molecule has 2 aromatic heterocycles. The van der Waals surface area contributed by atoms with Crippen molar-refractivity contribution < 1.29 is 19.8 Å². The fraction of sp³-hybridized carbons (Fsp3) is 0.357. The van der Waals surface area contributed by atoms with Crippen LogP contribution in [0, 0.1) is 13.8 Å². The second-order valence-corrected chi connectivity index (χ2v) is 9.65. The molecule has 37 heavy (non-hydrogen) atoms. The van der Waals surface area contributed by atoms with Crippen molar-refractivity contribution in [1.29, 1.82) is 0 Å². The Balaban J connectivity index is 1.83. The second kappa shape index (κ2) is 10.9. The number of carbonyl (C=O) groups is 2. The Hall–Kier alpha value is -4.14. The Morgan fingerprint density at radius 3 is 2.14 bits per heavy atom. The molecule has 1 aromatic carbocycles. The van der Waals surface area contributed by atoms with Gasteiger partial charge in [0.25, 0.3) is 11.1 Å². The summed E-state index contributed by atoms with van der Waals surface area (Å²) in [6, 6.07) is 8.82. The summed E-state index contributed by atoms with van der Waals surface area (Å²) < 4.78 is 2.41. The number of hydrogen-bond donors (Lipinski definition) is 2. The number of hydrogen-bond acceptors (Lipinski definition) is 5. The van der Waals surface area contributed by atoms with Crippen LogP contribution in [-0.2, 0) is 29.1 Å². The molecule has 0 bridgehead atoms. The van der Waals surface area contributed by atoms with Crippen LogP contribution < -0.4 is 16.0 Å². The van der Waals surface area contributed by atoms with E-state index < -0.39 is 30.6 Å². The van der Waals surface area contributed by atoms with Gasteiger partial charge in [-0.1, -0.05) is 12.1 Å². The molecule has 9 heteroatoms. The number of benzene rings is 1. The van der Waals surface area contributed by atoms with Gasteiger partial charge in [-0.15, -0.1) is 0 Å². The lowest BCUT2D eigenvalue weighted by Gasteiger charge is -2.29. The van der Waals surface area contributed by atoms with Crippen molar-refractivity contribution in [2.24, 2.45) is 0 Å². The van der Waals surface area contributed by atoms with Crippen molar-refractivity contribution in [3.8, 4) is 11.1 Å². The van der Waals surface area contributed by atoms with Crippen molar-refractivity contribution >= 4 is 17.6 Å². The summed E-state index contributed by atoms with van der Waals surface area (Å²) >= 11 is 0. The molecule has 9 nitrogen and oxygen atoms in total. The molecule has 194 valence electrons. The smallest absolute Gasteiger partial charge is 0.323 e. The summed E-state index contributed by atoms with van der Waals surface area (Å²) in [5.41, 5.74) is 4.86. The van der Waals surface area contributed by atoms with Crippen LogP contribution in [0.4, 0.5) is 5.69 Å². The van der Waals surface area contributed by atoms with Gasteiger partial charge in [0.05, 0.1) is 5.69 Å². The molecule has 0 spiro atoms. The van der Waals surface area contributed by atoms with Crippen LogP contribution in [0.2, 0.25) is 0 Å². The second-order valence-electron chi connectivity index (χ2n) is 9.65. The maximum absolute atomic E-state index is 13.3. The van der Waals surface area contributed by atoms with E-state index in [1.807, 2.05) is 32.0 Å². The highest BCUT2D eigenvalue weighted by molar-refractivity contribution is 5.71. The molecule has 0 amide bonds.